The van der Waals surface area contributed by atoms with E-state index in [1.54, 1.807) is 0 Å². The van der Waals surface area contributed by atoms with E-state index in [0.717, 1.165) is 25.9 Å². The molecular weight excluding hydrogens is 224 g/mol. The maximum absolute atomic E-state index is 11.7. The molecule has 3 heteroatoms. The SMILES string of the molecule is CC(CCc1ccccc1)NC(=O)CC1CNC1. The summed E-state index contributed by atoms with van der Waals surface area (Å²) in [5, 5.41) is 6.27. The summed E-state index contributed by atoms with van der Waals surface area (Å²) in [6.07, 6.45) is 2.69. The average molecular weight is 246 g/mol. The molecule has 0 aliphatic carbocycles. The Morgan fingerprint density at radius 3 is 2.72 bits per heavy atom. The number of carbonyl (C=O) groups is 1. The predicted octanol–water partition coefficient (Wildman–Crippen LogP) is 1.73. The van der Waals surface area contributed by atoms with Crippen molar-refractivity contribution < 1.29 is 4.79 Å². The fourth-order valence-corrected chi connectivity index (χ4v) is 2.19. The smallest absolute Gasteiger partial charge is 0.220 e. The first kappa shape index (κ1) is 13.1. The standard InChI is InChI=1S/C15H22N2O/c1-12(7-8-13-5-3-2-4-6-13)17-15(18)9-14-10-16-11-14/h2-6,12,14,16H,7-11H2,1H3,(H,17,18). The van der Waals surface area contributed by atoms with Gasteiger partial charge < -0.3 is 10.6 Å². The maximum atomic E-state index is 11.7. The number of hydrogen-bond acceptors (Lipinski definition) is 2. The van der Waals surface area contributed by atoms with Gasteiger partial charge in [-0.1, -0.05) is 30.3 Å². The lowest BCUT2D eigenvalue weighted by Crippen LogP contribution is -2.45. The molecule has 1 aromatic carbocycles. The first-order valence-corrected chi connectivity index (χ1v) is 6.78. The number of rotatable bonds is 6. The zero-order valence-electron chi connectivity index (χ0n) is 11.0. The summed E-state index contributed by atoms with van der Waals surface area (Å²) in [5.41, 5.74) is 1.33. The minimum absolute atomic E-state index is 0.196. The Kier molecular flexibility index (Phi) is 4.76. The monoisotopic (exact) mass is 246 g/mol. The molecule has 1 fully saturated rings. The summed E-state index contributed by atoms with van der Waals surface area (Å²) in [5.74, 6) is 0.744. The van der Waals surface area contributed by atoms with Gasteiger partial charge in [-0.2, -0.15) is 0 Å². The van der Waals surface area contributed by atoms with E-state index >= 15 is 0 Å². The largest absolute Gasteiger partial charge is 0.354 e. The van der Waals surface area contributed by atoms with Gasteiger partial charge in [-0.25, -0.2) is 0 Å². The molecule has 1 aromatic rings. The van der Waals surface area contributed by atoms with Crippen LogP contribution in [0.4, 0.5) is 0 Å². The van der Waals surface area contributed by atoms with Crippen molar-refractivity contribution in [3.63, 3.8) is 0 Å². The maximum Gasteiger partial charge on any atom is 0.220 e. The second kappa shape index (κ2) is 6.55. The third-order valence-electron chi connectivity index (χ3n) is 3.46. The molecule has 3 nitrogen and oxygen atoms in total. The van der Waals surface area contributed by atoms with Crippen LogP contribution in [0.25, 0.3) is 0 Å². The van der Waals surface area contributed by atoms with E-state index in [4.69, 9.17) is 0 Å². The Hall–Kier alpha value is -1.35. The Balaban J connectivity index is 1.65. The van der Waals surface area contributed by atoms with Crippen molar-refractivity contribution >= 4 is 5.91 Å². The van der Waals surface area contributed by atoms with Crippen LogP contribution in [0.2, 0.25) is 0 Å². The summed E-state index contributed by atoms with van der Waals surface area (Å²) < 4.78 is 0. The molecule has 0 radical (unpaired) electrons. The average Bonchev–Trinajstić information content (AvgIpc) is 2.33. The molecule has 0 aromatic heterocycles. The molecule has 1 amide bonds. The summed E-state index contributed by atoms with van der Waals surface area (Å²) in [6.45, 7) is 4.07. The minimum Gasteiger partial charge on any atom is -0.354 e. The third kappa shape index (κ3) is 4.15. The zero-order chi connectivity index (χ0) is 12.8. The fourth-order valence-electron chi connectivity index (χ4n) is 2.19. The quantitative estimate of drug-likeness (QED) is 0.802. The van der Waals surface area contributed by atoms with Crippen molar-refractivity contribution in [3.8, 4) is 0 Å². The van der Waals surface area contributed by atoms with E-state index < -0.39 is 0 Å². The van der Waals surface area contributed by atoms with Crippen LogP contribution < -0.4 is 10.6 Å². The lowest BCUT2D eigenvalue weighted by Gasteiger charge is -2.27. The van der Waals surface area contributed by atoms with Gasteiger partial charge in [0.05, 0.1) is 0 Å². The number of benzene rings is 1. The summed E-state index contributed by atoms with van der Waals surface area (Å²) in [7, 11) is 0. The molecule has 1 aliphatic rings. The molecule has 1 aliphatic heterocycles. The van der Waals surface area contributed by atoms with E-state index in [-0.39, 0.29) is 11.9 Å². The molecule has 0 spiro atoms. The molecule has 98 valence electrons. The van der Waals surface area contributed by atoms with Gasteiger partial charge in [-0.3, -0.25) is 4.79 Å². The van der Waals surface area contributed by atoms with Crippen LogP contribution in [0.5, 0.6) is 0 Å². The van der Waals surface area contributed by atoms with E-state index in [9.17, 15) is 4.79 Å². The fraction of sp³-hybridized carbons (Fsp3) is 0.533. The van der Waals surface area contributed by atoms with Crippen LogP contribution in [0, 0.1) is 5.92 Å². The lowest BCUT2D eigenvalue weighted by atomic mass is 9.98. The van der Waals surface area contributed by atoms with Crippen molar-refractivity contribution in [1.29, 1.82) is 0 Å². The molecule has 0 bridgehead atoms. The first-order valence-electron chi connectivity index (χ1n) is 6.78. The summed E-state index contributed by atoms with van der Waals surface area (Å²) in [4.78, 5) is 11.7. The van der Waals surface area contributed by atoms with Crippen LogP contribution in [0.1, 0.15) is 25.3 Å². The molecule has 1 heterocycles. The van der Waals surface area contributed by atoms with Gasteiger partial charge in [0.2, 0.25) is 5.91 Å². The van der Waals surface area contributed by atoms with Gasteiger partial charge >= 0.3 is 0 Å². The van der Waals surface area contributed by atoms with Crippen LogP contribution >= 0.6 is 0 Å². The molecule has 1 unspecified atom stereocenters. The number of hydrogen-bond donors (Lipinski definition) is 2. The Morgan fingerprint density at radius 2 is 2.11 bits per heavy atom. The summed E-state index contributed by atoms with van der Waals surface area (Å²) >= 11 is 0. The number of carbonyl (C=O) groups excluding carboxylic acids is 1. The van der Waals surface area contributed by atoms with Crippen LogP contribution in [0.3, 0.4) is 0 Å². The van der Waals surface area contributed by atoms with Crippen LogP contribution in [0.15, 0.2) is 30.3 Å². The van der Waals surface area contributed by atoms with Gasteiger partial charge in [0, 0.05) is 12.5 Å². The second-order valence-corrected chi connectivity index (χ2v) is 5.22. The summed E-state index contributed by atoms with van der Waals surface area (Å²) in [6, 6.07) is 10.7. The number of aryl methyl sites for hydroxylation is 1. The predicted molar refractivity (Wildman–Crippen MR) is 73.3 cm³/mol. The Bertz CT molecular complexity index is 373. The molecule has 2 rings (SSSR count). The minimum atomic E-state index is 0.196. The highest BCUT2D eigenvalue weighted by Gasteiger charge is 2.20. The number of amides is 1. The van der Waals surface area contributed by atoms with Crippen molar-refractivity contribution in [2.45, 2.75) is 32.2 Å². The highest BCUT2D eigenvalue weighted by Crippen LogP contribution is 2.09. The Labute approximate surface area is 109 Å². The third-order valence-corrected chi connectivity index (χ3v) is 3.46. The normalized spacial score (nSPS) is 16.9. The molecule has 2 N–H and O–H groups in total. The van der Waals surface area contributed by atoms with Crippen LogP contribution in [-0.2, 0) is 11.2 Å². The number of nitrogens with one attached hydrogen (secondary N) is 2. The van der Waals surface area contributed by atoms with E-state index in [1.807, 2.05) is 6.07 Å². The Morgan fingerprint density at radius 1 is 1.39 bits per heavy atom. The second-order valence-electron chi connectivity index (χ2n) is 5.22. The first-order chi connectivity index (χ1) is 8.74. The van der Waals surface area contributed by atoms with E-state index in [2.05, 4.69) is 41.8 Å². The molecular formula is C15H22N2O. The van der Waals surface area contributed by atoms with Crippen molar-refractivity contribution in [3.05, 3.63) is 35.9 Å². The molecule has 0 saturated carbocycles. The van der Waals surface area contributed by atoms with Crippen molar-refractivity contribution in [1.82, 2.24) is 10.6 Å². The molecule has 18 heavy (non-hydrogen) atoms. The van der Waals surface area contributed by atoms with Gasteiger partial charge in [0.1, 0.15) is 0 Å². The van der Waals surface area contributed by atoms with Gasteiger partial charge in [-0.15, -0.1) is 0 Å². The topological polar surface area (TPSA) is 41.1 Å². The van der Waals surface area contributed by atoms with Gasteiger partial charge in [-0.05, 0) is 44.3 Å². The van der Waals surface area contributed by atoms with E-state index in [0.29, 0.717) is 12.3 Å². The van der Waals surface area contributed by atoms with Crippen LogP contribution in [-0.4, -0.2) is 25.0 Å². The van der Waals surface area contributed by atoms with Gasteiger partial charge in [0.25, 0.3) is 0 Å². The van der Waals surface area contributed by atoms with Gasteiger partial charge in [0.15, 0.2) is 0 Å². The molecule has 1 saturated heterocycles. The zero-order valence-corrected chi connectivity index (χ0v) is 11.0. The van der Waals surface area contributed by atoms with E-state index in [1.165, 1.54) is 5.56 Å². The lowest BCUT2D eigenvalue weighted by molar-refractivity contribution is -0.123. The van der Waals surface area contributed by atoms with Crippen molar-refractivity contribution in [2.24, 2.45) is 5.92 Å². The molecule has 1 atom stereocenters. The highest BCUT2D eigenvalue weighted by atomic mass is 16.1. The highest BCUT2D eigenvalue weighted by molar-refractivity contribution is 5.76. The van der Waals surface area contributed by atoms with Crippen molar-refractivity contribution in [2.75, 3.05) is 13.1 Å².